The van der Waals surface area contributed by atoms with E-state index in [-0.39, 0.29) is 0 Å². The highest BCUT2D eigenvalue weighted by Crippen LogP contribution is 2.42. The lowest BCUT2D eigenvalue weighted by molar-refractivity contribution is -0.388. The van der Waals surface area contributed by atoms with Gasteiger partial charge < -0.3 is 75.8 Å². The van der Waals surface area contributed by atoms with Crippen LogP contribution in [0.25, 0.3) is 0 Å². The summed E-state index contributed by atoms with van der Waals surface area (Å²) in [6, 6.07) is 0. The first-order valence-corrected chi connectivity index (χ1v) is 20.3. The Labute approximate surface area is 382 Å². The summed E-state index contributed by atoms with van der Waals surface area (Å²) in [7, 11) is 0. The average molecular weight is 967 g/mol. The Bertz CT molecular complexity index is 1860. The first-order valence-electron chi connectivity index (χ1n) is 20.3. The summed E-state index contributed by atoms with van der Waals surface area (Å²) < 4.78 is 90.3. The van der Waals surface area contributed by atoms with Gasteiger partial charge in [-0.25, -0.2) is 0 Å². The Hall–Kier alpha value is -6.03. The third kappa shape index (κ3) is 16.4. The van der Waals surface area contributed by atoms with Crippen molar-refractivity contribution in [1.29, 1.82) is 0 Å². The molecule has 3 heterocycles. The van der Waals surface area contributed by atoms with Crippen molar-refractivity contribution < 1.29 is 129 Å². The largest absolute Gasteiger partial charge is 0.463 e. The van der Waals surface area contributed by atoms with Crippen LogP contribution in [0.5, 0.6) is 0 Å². The molecule has 3 aliphatic heterocycles. The van der Waals surface area contributed by atoms with E-state index in [4.69, 9.17) is 75.8 Å². The highest BCUT2D eigenvalue weighted by Gasteiger charge is 2.65. The van der Waals surface area contributed by atoms with E-state index in [1.54, 1.807) is 0 Å². The maximum atomic E-state index is 12.8. The van der Waals surface area contributed by atoms with Crippen LogP contribution in [0.15, 0.2) is 0 Å². The summed E-state index contributed by atoms with van der Waals surface area (Å²) in [5.74, 6) is -13.3. The highest BCUT2D eigenvalue weighted by atomic mass is 16.8. The molecule has 0 aliphatic carbocycles. The fraction of sp³-hybridized carbons (Fsp3) is 0.725. The van der Waals surface area contributed by atoms with E-state index in [9.17, 15) is 52.7 Å². The molecular formula is C40H54O27. The summed E-state index contributed by atoms with van der Waals surface area (Å²) in [6.07, 6.45) is -23.3. The van der Waals surface area contributed by atoms with Gasteiger partial charge in [0.25, 0.3) is 0 Å². The molecular weight excluding hydrogens is 912 g/mol. The van der Waals surface area contributed by atoms with Gasteiger partial charge in [0, 0.05) is 76.2 Å². The standard InChI is InChI=1S/C40H54O27/c1-16(41)52-12-27-30(56-19(4)44)33(59-22(7)47)35(61-24(9)49)38(64-27)54-13-28-31(57-20(5)45)34(60-23(8)48)36(62-25(10)50)39(65-28)67-40(15-55-18(3)43)37(63-26(11)51)32(58-21(6)46)29(66-40)14-53-17(2)42/h27-39H,12-15H2,1-11H3/t27-,28-,29+,30-,31+,32-,33+,34+,35-,36-,37-,38-,39+,40-/m0/s1. The molecule has 376 valence electrons. The summed E-state index contributed by atoms with van der Waals surface area (Å²) in [4.78, 5) is 137. The van der Waals surface area contributed by atoms with Crippen molar-refractivity contribution >= 4 is 65.7 Å². The molecule has 0 bridgehead atoms. The number of esters is 11. The smallest absolute Gasteiger partial charge is 0.303 e. The van der Waals surface area contributed by atoms with E-state index in [0.717, 1.165) is 76.2 Å². The lowest BCUT2D eigenvalue weighted by Gasteiger charge is -2.47. The molecule has 0 aromatic heterocycles. The molecule has 27 heteroatoms. The molecule has 0 N–H and O–H groups in total. The molecule has 3 aliphatic rings. The van der Waals surface area contributed by atoms with Gasteiger partial charge in [0.2, 0.25) is 12.1 Å². The summed E-state index contributed by atoms with van der Waals surface area (Å²) in [5, 5.41) is 0. The van der Waals surface area contributed by atoms with E-state index in [1.165, 1.54) is 0 Å². The number of hydrogen-bond acceptors (Lipinski definition) is 27. The molecule has 0 aromatic carbocycles. The highest BCUT2D eigenvalue weighted by molar-refractivity contribution is 5.71. The van der Waals surface area contributed by atoms with Crippen LogP contribution in [0, 0.1) is 0 Å². The molecule has 67 heavy (non-hydrogen) atoms. The van der Waals surface area contributed by atoms with Crippen LogP contribution in [-0.2, 0) is 129 Å². The molecule has 0 radical (unpaired) electrons. The number of rotatable bonds is 19. The lowest BCUT2D eigenvalue weighted by atomic mass is 9.97. The van der Waals surface area contributed by atoms with Gasteiger partial charge in [-0.1, -0.05) is 0 Å². The van der Waals surface area contributed by atoms with Crippen LogP contribution in [0.3, 0.4) is 0 Å². The van der Waals surface area contributed by atoms with Crippen molar-refractivity contribution in [3.63, 3.8) is 0 Å². The van der Waals surface area contributed by atoms with E-state index < -0.39 is 178 Å². The van der Waals surface area contributed by atoms with Crippen LogP contribution < -0.4 is 0 Å². The minimum absolute atomic E-state index is 0.650. The predicted octanol–water partition coefficient (Wildman–Crippen LogP) is -1.29. The second-order valence-electron chi connectivity index (χ2n) is 14.9. The molecule has 14 atom stereocenters. The van der Waals surface area contributed by atoms with Crippen molar-refractivity contribution in [3.8, 4) is 0 Å². The molecule has 27 nitrogen and oxygen atoms in total. The summed E-state index contributed by atoms with van der Waals surface area (Å²) in [6.45, 7) is 7.51. The fourth-order valence-electron chi connectivity index (χ4n) is 7.07. The molecule has 0 aromatic rings. The van der Waals surface area contributed by atoms with Crippen molar-refractivity contribution in [2.45, 2.75) is 162 Å². The number of ether oxygens (including phenoxy) is 16. The molecule has 3 saturated heterocycles. The third-order valence-electron chi connectivity index (χ3n) is 9.16. The first-order chi connectivity index (χ1) is 31.2. The van der Waals surface area contributed by atoms with Crippen LogP contribution in [0.4, 0.5) is 0 Å². The minimum atomic E-state index is -2.66. The molecule has 0 spiro atoms. The van der Waals surface area contributed by atoms with Gasteiger partial charge in [-0.3, -0.25) is 52.7 Å². The van der Waals surface area contributed by atoms with E-state index in [1.807, 2.05) is 0 Å². The molecule has 3 rings (SSSR count). The number of carbonyl (C=O) groups excluding carboxylic acids is 11. The zero-order chi connectivity index (χ0) is 50.5. The normalized spacial score (nSPS) is 31.1. The van der Waals surface area contributed by atoms with Gasteiger partial charge in [-0.15, -0.1) is 0 Å². The molecule has 3 fully saturated rings. The van der Waals surface area contributed by atoms with E-state index in [0.29, 0.717) is 0 Å². The van der Waals surface area contributed by atoms with E-state index >= 15 is 0 Å². The molecule has 0 unspecified atom stereocenters. The van der Waals surface area contributed by atoms with Crippen LogP contribution in [0.2, 0.25) is 0 Å². The third-order valence-corrected chi connectivity index (χ3v) is 9.16. The van der Waals surface area contributed by atoms with E-state index in [2.05, 4.69) is 0 Å². The Morgan fingerprint density at radius 3 is 1.12 bits per heavy atom. The zero-order valence-corrected chi connectivity index (χ0v) is 38.4. The SMILES string of the molecule is CC(=O)OC[C@@H]1O[C@H](OC[C@@H]2O[C@H](O[C@]3(COC(C)=O)O[C@H](COC(C)=O)[C@H](OC(C)=O)[C@@H]3OC(C)=O)[C@@H](OC(C)=O)[C@H](OC(C)=O)[C@@H]2OC(C)=O)[C@@H](OC(C)=O)[C@H](OC(C)=O)[C@H]1OC(C)=O. The second kappa shape index (κ2) is 24.7. The predicted molar refractivity (Wildman–Crippen MR) is 206 cm³/mol. The minimum Gasteiger partial charge on any atom is -0.463 e. The number of carbonyl (C=O) groups is 11. The van der Waals surface area contributed by atoms with Crippen molar-refractivity contribution in [1.82, 2.24) is 0 Å². The summed E-state index contributed by atoms with van der Waals surface area (Å²) in [5.41, 5.74) is 0. The quantitative estimate of drug-likeness (QED) is 0.107. The first kappa shape index (κ1) is 55.3. The topological polar surface area (TPSA) is 335 Å². The van der Waals surface area contributed by atoms with Crippen molar-refractivity contribution in [3.05, 3.63) is 0 Å². The van der Waals surface area contributed by atoms with Crippen LogP contribution >= 0.6 is 0 Å². The monoisotopic (exact) mass is 966 g/mol. The maximum absolute atomic E-state index is 12.8. The van der Waals surface area contributed by atoms with Crippen LogP contribution in [0.1, 0.15) is 76.2 Å². The van der Waals surface area contributed by atoms with Gasteiger partial charge >= 0.3 is 65.7 Å². The van der Waals surface area contributed by atoms with Crippen molar-refractivity contribution in [2.24, 2.45) is 0 Å². The average Bonchev–Trinajstić information content (AvgIpc) is 3.44. The maximum Gasteiger partial charge on any atom is 0.303 e. The Morgan fingerprint density at radius 2 is 0.701 bits per heavy atom. The fourth-order valence-corrected chi connectivity index (χ4v) is 7.07. The Balaban J connectivity index is 2.28. The Kier molecular flexibility index (Phi) is 20.3. The second-order valence-corrected chi connectivity index (χ2v) is 14.9. The van der Waals surface area contributed by atoms with Gasteiger partial charge in [0.15, 0.2) is 55.1 Å². The zero-order valence-electron chi connectivity index (χ0n) is 38.4. The Morgan fingerprint density at radius 1 is 0.358 bits per heavy atom. The van der Waals surface area contributed by atoms with Crippen molar-refractivity contribution in [2.75, 3.05) is 26.4 Å². The van der Waals surface area contributed by atoms with Gasteiger partial charge in [-0.2, -0.15) is 0 Å². The molecule has 0 amide bonds. The molecule has 0 saturated carbocycles. The number of hydrogen-bond donors (Lipinski definition) is 0. The van der Waals surface area contributed by atoms with Gasteiger partial charge in [0.1, 0.15) is 38.1 Å². The van der Waals surface area contributed by atoms with Gasteiger partial charge in [-0.05, 0) is 0 Å². The summed E-state index contributed by atoms with van der Waals surface area (Å²) >= 11 is 0. The van der Waals surface area contributed by atoms with Gasteiger partial charge in [0.05, 0.1) is 6.61 Å². The lowest BCUT2D eigenvalue weighted by Crippen LogP contribution is -2.66. The van der Waals surface area contributed by atoms with Crippen LogP contribution in [-0.4, -0.2) is 178 Å².